The van der Waals surface area contributed by atoms with Gasteiger partial charge in [-0.25, -0.2) is 0 Å². The predicted molar refractivity (Wildman–Crippen MR) is 130 cm³/mol. The van der Waals surface area contributed by atoms with Crippen LogP contribution in [0, 0.1) is 5.92 Å². The Hall–Kier alpha value is -3.93. The minimum atomic E-state index is 0.104. The molecule has 0 spiro atoms. The lowest BCUT2D eigenvalue weighted by Gasteiger charge is -2.30. The highest BCUT2D eigenvalue weighted by atomic mass is 16.7. The molecule has 6 nitrogen and oxygen atoms in total. The number of hydrogen-bond acceptors (Lipinski definition) is 6. The quantitative estimate of drug-likeness (QED) is 0.492. The summed E-state index contributed by atoms with van der Waals surface area (Å²) in [5.41, 5.74) is 5.87. The Labute approximate surface area is 198 Å². The summed E-state index contributed by atoms with van der Waals surface area (Å²) in [7, 11) is 0. The van der Waals surface area contributed by atoms with Gasteiger partial charge in [0.15, 0.2) is 23.0 Å². The average molecular weight is 453 g/mol. The molecule has 0 radical (unpaired) electrons. The highest BCUT2D eigenvalue weighted by Crippen LogP contribution is 2.48. The first-order chi connectivity index (χ1) is 16.8. The molecule has 7 rings (SSSR count). The van der Waals surface area contributed by atoms with Crippen molar-refractivity contribution in [1.29, 1.82) is 0 Å². The van der Waals surface area contributed by atoms with E-state index in [1.165, 1.54) is 16.8 Å². The van der Waals surface area contributed by atoms with E-state index in [4.69, 9.17) is 24.0 Å². The van der Waals surface area contributed by atoms with Gasteiger partial charge in [0.1, 0.15) is 0 Å². The third kappa shape index (κ3) is 3.21. The SMILES string of the molecule is C(=C1CCC[C@@H]2C1=NN(c1ccccc1)[C@H]2c1ccc2c(c1)OCO2)c1ccc2c(c1)OCO2. The van der Waals surface area contributed by atoms with Crippen LogP contribution in [0.3, 0.4) is 0 Å². The second-order valence-electron chi connectivity index (χ2n) is 9.00. The minimum absolute atomic E-state index is 0.104. The molecule has 0 saturated heterocycles. The molecule has 1 saturated carbocycles. The van der Waals surface area contributed by atoms with Gasteiger partial charge >= 0.3 is 0 Å². The normalized spacial score (nSPS) is 23.2. The van der Waals surface area contributed by atoms with Crippen molar-refractivity contribution in [2.24, 2.45) is 11.0 Å². The Bertz CT molecular complexity index is 1320. The van der Waals surface area contributed by atoms with Gasteiger partial charge in [0.25, 0.3) is 0 Å². The first-order valence-corrected chi connectivity index (χ1v) is 11.8. The van der Waals surface area contributed by atoms with Gasteiger partial charge in [0.05, 0.1) is 17.4 Å². The molecule has 1 aliphatic carbocycles. The Kier molecular flexibility index (Phi) is 4.50. The molecule has 170 valence electrons. The molecule has 0 unspecified atom stereocenters. The monoisotopic (exact) mass is 452 g/mol. The van der Waals surface area contributed by atoms with Crippen LogP contribution in [0.4, 0.5) is 5.69 Å². The zero-order chi connectivity index (χ0) is 22.5. The van der Waals surface area contributed by atoms with Crippen molar-refractivity contribution in [2.75, 3.05) is 18.6 Å². The maximum Gasteiger partial charge on any atom is 0.231 e. The van der Waals surface area contributed by atoms with Gasteiger partial charge in [0, 0.05) is 5.92 Å². The maximum absolute atomic E-state index is 5.70. The van der Waals surface area contributed by atoms with E-state index in [0.29, 0.717) is 5.92 Å². The average Bonchev–Trinajstić information content (AvgIpc) is 3.62. The lowest BCUT2D eigenvalue weighted by atomic mass is 9.77. The number of para-hydroxylation sites is 1. The van der Waals surface area contributed by atoms with Crippen LogP contribution in [0.1, 0.15) is 36.4 Å². The van der Waals surface area contributed by atoms with Crippen molar-refractivity contribution in [3.05, 3.63) is 83.4 Å². The number of allylic oxidation sites excluding steroid dienone is 1. The third-order valence-electron chi connectivity index (χ3n) is 7.00. The van der Waals surface area contributed by atoms with E-state index in [-0.39, 0.29) is 19.6 Å². The second-order valence-corrected chi connectivity index (χ2v) is 9.00. The molecule has 0 bridgehead atoms. The Morgan fingerprint density at radius 1 is 0.794 bits per heavy atom. The van der Waals surface area contributed by atoms with E-state index >= 15 is 0 Å². The van der Waals surface area contributed by atoms with Crippen LogP contribution in [0.5, 0.6) is 23.0 Å². The summed E-state index contributed by atoms with van der Waals surface area (Å²) < 4.78 is 22.3. The fourth-order valence-corrected chi connectivity index (χ4v) is 5.43. The van der Waals surface area contributed by atoms with Crippen molar-refractivity contribution in [1.82, 2.24) is 0 Å². The van der Waals surface area contributed by atoms with E-state index in [2.05, 4.69) is 59.6 Å². The van der Waals surface area contributed by atoms with Crippen molar-refractivity contribution in [3.8, 4) is 23.0 Å². The summed E-state index contributed by atoms with van der Waals surface area (Å²) in [6, 6.07) is 23.0. The number of rotatable bonds is 3. The van der Waals surface area contributed by atoms with Crippen LogP contribution in [0.2, 0.25) is 0 Å². The lowest BCUT2D eigenvalue weighted by molar-refractivity contribution is 0.173. The summed E-state index contributed by atoms with van der Waals surface area (Å²) in [4.78, 5) is 0. The lowest BCUT2D eigenvalue weighted by Crippen LogP contribution is -2.28. The highest BCUT2D eigenvalue weighted by molar-refractivity contribution is 6.08. The van der Waals surface area contributed by atoms with Gasteiger partial charge in [-0.05, 0) is 78.4 Å². The maximum atomic E-state index is 5.70. The smallest absolute Gasteiger partial charge is 0.231 e. The molecule has 34 heavy (non-hydrogen) atoms. The second kappa shape index (κ2) is 7.83. The van der Waals surface area contributed by atoms with E-state index < -0.39 is 0 Å². The van der Waals surface area contributed by atoms with Gasteiger partial charge in [-0.1, -0.05) is 30.3 Å². The molecular formula is C28H24N2O4. The topological polar surface area (TPSA) is 52.5 Å². The minimum Gasteiger partial charge on any atom is -0.454 e. The molecule has 1 fully saturated rings. The summed E-state index contributed by atoms with van der Waals surface area (Å²) in [5, 5.41) is 7.43. The van der Waals surface area contributed by atoms with Gasteiger partial charge in [-0.2, -0.15) is 5.10 Å². The molecule has 3 heterocycles. The van der Waals surface area contributed by atoms with Gasteiger partial charge in [0.2, 0.25) is 13.6 Å². The summed E-state index contributed by atoms with van der Waals surface area (Å²) >= 11 is 0. The molecule has 0 amide bonds. The highest BCUT2D eigenvalue weighted by Gasteiger charge is 2.42. The molecular weight excluding hydrogens is 428 g/mol. The van der Waals surface area contributed by atoms with Crippen LogP contribution in [-0.4, -0.2) is 19.3 Å². The number of benzene rings is 3. The predicted octanol–water partition coefficient (Wildman–Crippen LogP) is 5.95. The van der Waals surface area contributed by atoms with E-state index in [0.717, 1.165) is 53.5 Å². The van der Waals surface area contributed by atoms with Crippen LogP contribution in [0.25, 0.3) is 6.08 Å². The summed E-state index contributed by atoms with van der Waals surface area (Å²) in [6.07, 6.45) is 5.50. The van der Waals surface area contributed by atoms with E-state index in [1.807, 2.05) is 18.2 Å². The molecule has 3 aromatic rings. The van der Waals surface area contributed by atoms with Crippen LogP contribution in [-0.2, 0) is 0 Å². The van der Waals surface area contributed by atoms with E-state index in [9.17, 15) is 0 Å². The summed E-state index contributed by atoms with van der Waals surface area (Å²) in [5.74, 6) is 3.53. The largest absolute Gasteiger partial charge is 0.454 e. The Balaban J connectivity index is 1.30. The molecule has 0 N–H and O–H groups in total. The van der Waals surface area contributed by atoms with Crippen molar-refractivity contribution < 1.29 is 18.9 Å². The van der Waals surface area contributed by atoms with Gasteiger partial charge in [-0.3, -0.25) is 5.01 Å². The van der Waals surface area contributed by atoms with Gasteiger partial charge < -0.3 is 18.9 Å². The molecule has 3 aliphatic heterocycles. The Morgan fingerprint density at radius 3 is 2.35 bits per heavy atom. The first kappa shape index (κ1) is 19.5. The third-order valence-corrected chi connectivity index (χ3v) is 7.00. The van der Waals surface area contributed by atoms with Crippen molar-refractivity contribution in [2.45, 2.75) is 25.3 Å². The zero-order valence-corrected chi connectivity index (χ0v) is 18.6. The van der Waals surface area contributed by atoms with Gasteiger partial charge in [-0.15, -0.1) is 0 Å². The number of fused-ring (bicyclic) bond motifs is 3. The molecule has 6 heteroatoms. The van der Waals surface area contributed by atoms with Crippen LogP contribution in [0.15, 0.2) is 77.4 Å². The number of hydrogen-bond donors (Lipinski definition) is 0. The number of anilines is 1. The first-order valence-electron chi connectivity index (χ1n) is 11.8. The Morgan fingerprint density at radius 2 is 1.53 bits per heavy atom. The standard InChI is InChI=1S/C28H24N2O4/c1-2-6-21(7-3-1)30-28(20-10-12-24-26(15-20)34-17-32-24)22-8-4-5-19(27(22)29-30)13-18-9-11-23-25(14-18)33-16-31-23/h1-3,6-7,9-15,22,28H,4-5,8,16-17H2/t22-,28+/m1/s1. The fraction of sp³-hybridized carbons (Fsp3) is 0.250. The van der Waals surface area contributed by atoms with Crippen molar-refractivity contribution >= 4 is 17.5 Å². The fourth-order valence-electron chi connectivity index (χ4n) is 5.43. The zero-order valence-electron chi connectivity index (χ0n) is 18.6. The number of nitrogens with zero attached hydrogens (tertiary/aromatic N) is 2. The number of ether oxygens (including phenoxy) is 4. The van der Waals surface area contributed by atoms with Crippen LogP contribution >= 0.6 is 0 Å². The van der Waals surface area contributed by atoms with Crippen LogP contribution < -0.4 is 24.0 Å². The molecule has 3 aromatic carbocycles. The van der Waals surface area contributed by atoms with E-state index in [1.54, 1.807) is 0 Å². The molecule has 0 aromatic heterocycles. The summed E-state index contributed by atoms with van der Waals surface area (Å²) in [6.45, 7) is 0.562. The molecule has 4 aliphatic rings. The van der Waals surface area contributed by atoms with Crippen molar-refractivity contribution in [3.63, 3.8) is 0 Å². The molecule has 2 atom stereocenters. The number of hydrazone groups is 1.